The van der Waals surface area contributed by atoms with Gasteiger partial charge < -0.3 is 14.0 Å². The predicted molar refractivity (Wildman–Crippen MR) is 148 cm³/mol. The van der Waals surface area contributed by atoms with Gasteiger partial charge in [0.15, 0.2) is 0 Å². The molecule has 4 aromatic rings. The molecular weight excluding hydrogens is 575 g/mol. The maximum Gasteiger partial charge on any atom is 0.299 e. The number of benzene rings is 2. The van der Waals surface area contributed by atoms with Crippen molar-refractivity contribution < 1.29 is 31.7 Å². The molecule has 2 aliphatic heterocycles. The monoisotopic (exact) mass is 598 g/mol. The highest BCUT2D eigenvalue weighted by molar-refractivity contribution is 6.30. The Morgan fingerprint density at radius 2 is 1.88 bits per heavy atom. The van der Waals surface area contributed by atoms with Crippen molar-refractivity contribution in [1.82, 2.24) is 10.1 Å². The smallest absolute Gasteiger partial charge is 0.299 e. The topological polar surface area (TPSA) is 102 Å². The number of H-pyrrole nitrogens is 1. The van der Waals surface area contributed by atoms with Crippen LogP contribution in [0.25, 0.3) is 11.3 Å². The number of aromatic amines is 1. The van der Waals surface area contributed by atoms with Gasteiger partial charge in [0.2, 0.25) is 17.5 Å². The molecule has 0 bridgehead atoms. The maximum absolute atomic E-state index is 15.5. The Morgan fingerprint density at radius 3 is 2.62 bits per heavy atom. The van der Waals surface area contributed by atoms with Gasteiger partial charge in [-0.25, -0.2) is 22.6 Å². The second-order valence-electron chi connectivity index (χ2n) is 10.1. The van der Waals surface area contributed by atoms with E-state index in [2.05, 4.69) is 20.3 Å². The van der Waals surface area contributed by atoms with E-state index in [1.165, 1.54) is 36.4 Å². The van der Waals surface area contributed by atoms with Gasteiger partial charge in [-0.1, -0.05) is 33.9 Å². The number of pyridine rings is 1. The molecule has 2 unspecified atom stereocenters. The Morgan fingerprint density at radius 1 is 1.05 bits per heavy atom. The van der Waals surface area contributed by atoms with Crippen molar-refractivity contribution in [3.8, 4) is 17.1 Å². The van der Waals surface area contributed by atoms with E-state index in [0.29, 0.717) is 31.3 Å². The molecule has 0 spiro atoms. The molecule has 6 rings (SSSR count). The number of nitrogens with zero attached hydrogens (tertiary/aromatic N) is 4. The van der Waals surface area contributed by atoms with Gasteiger partial charge in [-0.05, 0) is 30.3 Å². The number of amidine groups is 2. The number of ether oxygens (including phenoxy) is 2. The minimum Gasteiger partial charge on any atom is -0.473 e. The molecule has 2 aliphatic rings. The SMILES string of the molecule is C[N+]1(C2CCOC2)C(Cc2cc(F)c(-c3cccc(OCc4ccc(Cl)cc4F)n3)cc2F)=NN=C1c1cc(=O)[nH]o1. The van der Waals surface area contributed by atoms with Gasteiger partial charge in [0.25, 0.3) is 11.4 Å². The molecule has 0 saturated carbocycles. The lowest BCUT2D eigenvalue weighted by Crippen LogP contribution is -2.59. The second kappa shape index (κ2) is 11.2. The fraction of sp³-hybridized carbons (Fsp3) is 0.241. The van der Waals surface area contributed by atoms with Gasteiger partial charge in [-0.15, -0.1) is 0 Å². The van der Waals surface area contributed by atoms with E-state index in [-0.39, 0.29) is 62.6 Å². The quantitative estimate of drug-likeness (QED) is 0.280. The Bertz CT molecular complexity index is 1780. The lowest BCUT2D eigenvalue weighted by Gasteiger charge is -2.34. The van der Waals surface area contributed by atoms with E-state index in [9.17, 15) is 9.18 Å². The van der Waals surface area contributed by atoms with Crippen LogP contribution in [0.5, 0.6) is 5.88 Å². The lowest BCUT2D eigenvalue weighted by molar-refractivity contribution is -0.752. The van der Waals surface area contributed by atoms with Crippen molar-refractivity contribution in [2.75, 3.05) is 20.3 Å². The van der Waals surface area contributed by atoms with E-state index >= 15 is 8.78 Å². The van der Waals surface area contributed by atoms with Crippen LogP contribution in [0.15, 0.2) is 74.1 Å². The van der Waals surface area contributed by atoms with Crippen molar-refractivity contribution in [3.63, 3.8) is 0 Å². The van der Waals surface area contributed by atoms with Crippen LogP contribution in [0.3, 0.4) is 0 Å². The zero-order valence-corrected chi connectivity index (χ0v) is 23.0. The number of hydrogen-bond donors (Lipinski definition) is 1. The number of quaternary nitrogens is 1. The molecule has 13 heteroatoms. The first-order valence-electron chi connectivity index (χ1n) is 13.0. The number of hydrogen-bond acceptors (Lipinski definition) is 7. The first kappa shape index (κ1) is 27.9. The average Bonchev–Trinajstić information content (AvgIpc) is 3.72. The highest BCUT2D eigenvalue weighted by atomic mass is 35.5. The Hall–Kier alpha value is -4.26. The van der Waals surface area contributed by atoms with Crippen molar-refractivity contribution in [2.24, 2.45) is 10.2 Å². The number of aromatic nitrogens is 2. The third-order valence-corrected chi connectivity index (χ3v) is 7.73. The summed E-state index contributed by atoms with van der Waals surface area (Å²) in [5, 5.41) is 11.1. The Labute approximate surface area is 242 Å². The first-order chi connectivity index (χ1) is 20.2. The van der Waals surface area contributed by atoms with Crippen LogP contribution < -0.4 is 10.3 Å². The highest BCUT2D eigenvalue weighted by Crippen LogP contribution is 2.32. The van der Waals surface area contributed by atoms with Crippen LogP contribution in [0.1, 0.15) is 23.3 Å². The summed E-state index contributed by atoms with van der Waals surface area (Å²) in [4.78, 5) is 16.0. The third kappa shape index (κ3) is 5.24. The zero-order valence-electron chi connectivity index (χ0n) is 22.2. The minimum atomic E-state index is -0.699. The van der Waals surface area contributed by atoms with Gasteiger partial charge in [-0.2, -0.15) is 5.16 Å². The van der Waals surface area contributed by atoms with Gasteiger partial charge in [-0.3, -0.25) is 4.79 Å². The molecule has 2 aromatic heterocycles. The van der Waals surface area contributed by atoms with E-state index in [4.69, 9.17) is 25.6 Å². The normalized spacial score (nSPS) is 20.1. The van der Waals surface area contributed by atoms with Gasteiger partial charge >= 0.3 is 0 Å². The summed E-state index contributed by atoms with van der Waals surface area (Å²) in [6.07, 6.45) is 0.620. The summed E-state index contributed by atoms with van der Waals surface area (Å²) in [5.41, 5.74) is -0.0270. The largest absolute Gasteiger partial charge is 0.473 e. The van der Waals surface area contributed by atoms with Crippen LogP contribution in [0.4, 0.5) is 13.2 Å². The molecule has 0 amide bonds. The fourth-order valence-electron chi connectivity index (χ4n) is 5.12. The summed E-state index contributed by atoms with van der Waals surface area (Å²) in [5.74, 6) is -0.759. The summed E-state index contributed by atoms with van der Waals surface area (Å²) < 4.78 is 61.6. The molecule has 216 valence electrons. The summed E-state index contributed by atoms with van der Waals surface area (Å²) in [6.45, 7) is 0.794. The Kier molecular flexibility index (Phi) is 7.43. The minimum absolute atomic E-state index is 0.0265. The number of rotatable bonds is 8. The highest BCUT2D eigenvalue weighted by Gasteiger charge is 2.50. The predicted octanol–water partition coefficient (Wildman–Crippen LogP) is 5.23. The van der Waals surface area contributed by atoms with E-state index in [1.807, 2.05) is 7.05 Å². The third-order valence-electron chi connectivity index (χ3n) is 7.49. The summed E-state index contributed by atoms with van der Waals surface area (Å²) in [6, 6.07) is 12.2. The van der Waals surface area contributed by atoms with Crippen LogP contribution in [-0.4, -0.2) is 52.6 Å². The molecule has 2 atom stereocenters. The average molecular weight is 599 g/mol. The summed E-state index contributed by atoms with van der Waals surface area (Å²) in [7, 11) is 1.84. The molecule has 9 nitrogen and oxygen atoms in total. The standard InChI is InChI=1S/C29H23ClF3N5O4/c1-38(19-7-8-40-15-19)26(35-36-29(38)25-13-27(39)37-42-25)10-17-9-23(33)20(12-22(17)32)24-3-2-4-28(34-24)41-14-16-5-6-18(30)11-21(16)31/h2-6,9,11-13,19H,7-8,10,14-15H2,1H3/p+1. The molecule has 0 radical (unpaired) electrons. The summed E-state index contributed by atoms with van der Waals surface area (Å²) >= 11 is 5.79. The molecule has 1 N–H and O–H groups in total. The first-order valence-corrected chi connectivity index (χ1v) is 13.4. The number of halogens is 4. The van der Waals surface area contributed by atoms with E-state index < -0.39 is 23.0 Å². The molecule has 4 heterocycles. The molecule has 1 fully saturated rings. The van der Waals surface area contributed by atoms with Crippen molar-refractivity contribution in [3.05, 3.63) is 104 Å². The van der Waals surface area contributed by atoms with Gasteiger partial charge in [0, 0.05) is 34.2 Å². The van der Waals surface area contributed by atoms with Crippen LogP contribution >= 0.6 is 11.6 Å². The molecular formula is C29H24ClF3N5O4+. The number of likely N-dealkylation sites (N-methyl/N-ethyl adjacent to an activating group) is 1. The molecule has 1 saturated heterocycles. The number of nitrogens with one attached hydrogen (secondary N) is 1. The molecule has 42 heavy (non-hydrogen) atoms. The van der Waals surface area contributed by atoms with Crippen molar-refractivity contribution in [2.45, 2.75) is 25.5 Å². The Balaban J connectivity index is 1.24. The van der Waals surface area contributed by atoms with Crippen molar-refractivity contribution >= 4 is 23.3 Å². The molecule has 2 aromatic carbocycles. The van der Waals surface area contributed by atoms with E-state index in [1.54, 1.807) is 6.07 Å². The van der Waals surface area contributed by atoms with Gasteiger partial charge in [0.05, 0.1) is 38.4 Å². The van der Waals surface area contributed by atoms with Crippen LogP contribution in [-0.2, 0) is 17.8 Å². The maximum atomic E-state index is 15.5. The van der Waals surface area contributed by atoms with Crippen LogP contribution in [0, 0.1) is 17.5 Å². The molecule has 0 aliphatic carbocycles. The van der Waals surface area contributed by atoms with Crippen molar-refractivity contribution in [1.29, 1.82) is 0 Å². The second-order valence-corrected chi connectivity index (χ2v) is 10.5. The fourth-order valence-corrected chi connectivity index (χ4v) is 5.28. The van der Waals surface area contributed by atoms with Crippen LogP contribution in [0.2, 0.25) is 5.02 Å². The van der Waals surface area contributed by atoms with Gasteiger partial charge in [0.1, 0.15) is 30.1 Å². The zero-order chi connectivity index (χ0) is 29.4. The van der Waals surface area contributed by atoms with E-state index in [0.717, 1.165) is 12.1 Å². The lowest BCUT2D eigenvalue weighted by atomic mass is 10.0.